The molecule has 2 heterocycles. The first-order valence-electron chi connectivity index (χ1n) is 10.2. The van der Waals surface area contributed by atoms with Crippen molar-refractivity contribution in [2.45, 2.75) is 46.2 Å². The van der Waals surface area contributed by atoms with Gasteiger partial charge in [0.1, 0.15) is 12.1 Å². The summed E-state index contributed by atoms with van der Waals surface area (Å²) in [6.45, 7) is 7.90. The SMILES string of the molecule is COc1ccc([C@@H]2C[C@@H](c3ccc(C)cc3)N(C(=O)C(C)(C)C)c3ncnn32)cc1. The van der Waals surface area contributed by atoms with Crippen molar-refractivity contribution in [3.05, 3.63) is 71.5 Å². The fourth-order valence-electron chi connectivity index (χ4n) is 3.96. The van der Waals surface area contributed by atoms with Gasteiger partial charge in [0.15, 0.2) is 0 Å². The molecule has 4 rings (SSSR count). The van der Waals surface area contributed by atoms with Crippen LogP contribution in [-0.2, 0) is 4.79 Å². The van der Waals surface area contributed by atoms with E-state index in [2.05, 4.69) is 53.4 Å². The summed E-state index contributed by atoms with van der Waals surface area (Å²) in [5, 5.41) is 4.49. The molecular formula is C24H28N4O2. The van der Waals surface area contributed by atoms with Gasteiger partial charge in [0, 0.05) is 5.41 Å². The molecule has 0 N–H and O–H groups in total. The van der Waals surface area contributed by atoms with Gasteiger partial charge in [-0.2, -0.15) is 10.1 Å². The number of aryl methyl sites for hydroxylation is 1. The van der Waals surface area contributed by atoms with Crippen molar-refractivity contribution in [1.29, 1.82) is 0 Å². The van der Waals surface area contributed by atoms with Gasteiger partial charge in [-0.3, -0.25) is 9.69 Å². The van der Waals surface area contributed by atoms with Crippen molar-refractivity contribution in [1.82, 2.24) is 14.8 Å². The second-order valence-corrected chi connectivity index (χ2v) is 8.88. The molecule has 1 aromatic heterocycles. The lowest BCUT2D eigenvalue weighted by molar-refractivity contribution is -0.126. The highest BCUT2D eigenvalue weighted by Crippen LogP contribution is 2.43. The number of carbonyl (C=O) groups excluding carboxylic acids is 1. The molecule has 1 aliphatic rings. The lowest BCUT2D eigenvalue weighted by Crippen LogP contribution is -2.47. The molecular weight excluding hydrogens is 376 g/mol. The van der Waals surface area contributed by atoms with Crippen LogP contribution >= 0.6 is 0 Å². The van der Waals surface area contributed by atoms with Gasteiger partial charge >= 0.3 is 0 Å². The Bertz CT molecular complexity index is 1030. The minimum Gasteiger partial charge on any atom is -0.497 e. The lowest BCUT2D eigenvalue weighted by Gasteiger charge is -2.41. The molecule has 0 saturated carbocycles. The van der Waals surface area contributed by atoms with E-state index in [0.29, 0.717) is 12.4 Å². The lowest BCUT2D eigenvalue weighted by atomic mass is 9.88. The van der Waals surface area contributed by atoms with E-state index in [1.807, 2.05) is 42.5 Å². The molecule has 1 amide bonds. The number of amides is 1. The van der Waals surface area contributed by atoms with Crippen molar-refractivity contribution >= 4 is 11.9 Å². The van der Waals surface area contributed by atoms with E-state index in [0.717, 1.165) is 16.9 Å². The summed E-state index contributed by atoms with van der Waals surface area (Å²) < 4.78 is 7.18. The van der Waals surface area contributed by atoms with Crippen LogP contribution in [0, 0.1) is 12.3 Å². The average Bonchev–Trinajstić information content (AvgIpc) is 3.22. The Morgan fingerprint density at radius 2 is 1.60 bits per heavy atom. The van der Waals surface area contributed by atoms with Crippen LogP contribution in [0.2, 0.25) is 0 Å². The van der Waals surface area contributed by atoms with Gasteiger partial charge in [0.05, 0.1) is 19.2 Å². The van der Waals surface area contributed by atoms with E-state index in [9.17, 15) is 4.79 Å². The number of carbonyl (C=O) groups is 1. The van der Waals surface area contributed by atoms with Crippen LogP contribution in [0.5, 0.6) is 5.75 Å². The molecule has 6 heteroatoms. The largest absolute Gasteiger partial charge is 0.497 e. The van der Waals surface area contributed by atoms with Crippen molar-refractivity contribution in [3.63, 3.8) is 0 Å². The van der Waals surface area contributed by atoms with Crippen LogP contribution in [0.3, 0.4) is 0 Å². The number of anilines is 1. The molecule has 0 unspecified atom stereocenters. The third kappa shape index (κ3) is 3.58. The predicted molar refractivity (Wildman–Crippen MR) is 117 cm³/mol. The van der Waals surface area contributed by atoms with Crippen LogP contribution in [-0.4, -0.2) is 27.8 Å². The molecule has 1 aliphatic heterocycles. The third-order valence-electron chi connectivity index (χ3n) is 5.65. The van der Waals surface area contributed by atoms with E-state index in [1.165, 1.54) is 11.9 Å². The topological polar surface area (TPSA) is 60.2 Å². The van der Waals surface area contributed by atoms with E-state index >= 15 is 0 Å². The molecule has 0 spiro atoms. The van der Waals surface area contributed by atoms with Crippen molar-refractivity contribution < 1.29 is 9.53 Å². The van der Waals surface area contributed by atoms with Crippen LogP contribution < -0.4 is 9.64 Å². The monoisotopic (exact) mass is 404 g/mol. The number of methoxy groups -OCH3 is 1. The van der Waals surface area contributed by atoms with Gasteiger partial charge in [-0.15, -0.1) is 0 Å². The zero-order chi connectivity index (χ0) is 21.5. The molecule has 3 aromatic rings. The van der Waals surface area contributed by atoms with Gasteiger partial charge in [0.25, 0.3) is 0 Å². The van der Waals surface area contributed by atoms with Crippen molar-refractivity contribution in [2.75, 3.05) is 12.0 Å². The highest BCUT2D eigenvalue weighted by Gasteiger charge is 2.42. The molecule has 0 saturated heterocycles. The van der Waals surface area contributed by atoms with Crippen molar-refractivity contribution in [2.24, 2.45) is 5.41 Å². The molecule has 156 valence electrons. The number of rotatable bonds is 3. The van der Waals surface area contributed by atoms with Gasteiger partial charge in [-0.05, 0) is 36.6 Å². The summed E-state index contributed by atoms with van der Waals surface area (Å²) in [6, 6.07) is 16.3. The molecule has 2 atom stereocenters. The summed E-state index contributed by atoms with van der Waals surface area (Å²) in [7, 11) is 1.66. The summed E-state index contributed by atoms with van der Waals surface area (Å²) in [5.74, 6) is 1.44. The van der Waals surface area contributed by atoms with Crippen LogP contribution in [0.1, 0.15) is 56.0 Å². The zero-order valence-corrected chi connectivity index (χ0v) is 18.2. The zero-order valence-electron chi connectivity index (χ0n) is 18.2. The van der Waals surface area contributed by atoms with Gasteiger partial charge in [0.2, 0.25) is 11.9 Å². The molecule has 2 aromatic carbocycles. The molecule has 0 aliphatic carbocycles. The highest BCUT2D eigenvalue weighted by atomic mass is 16.5. The first-order valence-corrected chi connectivity index (χ1v) is 10.2. The fourth-order valence-corrected chi connectivity index (χ4v) is 3.96. The maximum atomic E-state index is 13.5. The Hall–Kier alpha value is -3.15. The quantitative estimate of drug-likeness (QED) is 0.634. The minimum atomic E-state index is -0.535. The summed E-state index contributed by atoms with van der Waals surface area (Å²) in [6.07, 6.45) is 2.25. The molecule has 0 bridgehead atoms. The first-order chi connectivity index (χ1) is 14.3. The first kappa shape index (κ1) is 20.1. The Morgan fingerprint density at radius 3 is 2.20 bits per heavy atom. The van der Waals surface area contributed by atoms with E-state index < -0.39 is 5.41 Å². The Labute approximate surface area is 177 Å². The predicted octanol–water partition coefficient (Wildman–Crippen LogP) is 4.71. The minimum absolute atomic E-state index is 0.0243. The molecule has 30 heavy (non-hydrogen) atoms. The average molecular weight is 405 g/mol. The number of hydrogen-bond acceptors (Lipinski definition) is 4. The standard InChI is InChI=1S/C24H28N4O2/c1-16-6-8-17(9-7-16)20-14-21(18-10-12-19(30-5)13-11-18)28-23(25-15-26-28)27(20)22(29)24(2,3)4/h6-13,15,20-21H,14H2,1-5H3/t20-,21-/m0/s1. The van der Waals surface area contributed by atoms with Gasteiger partial charge < -0.3 is 4.74 Å². The van der Waals surface area contributed by atoms with Gasteiger partial charge in [-0.1, -0.05) is 62.7 Å². The second kappa shape index (κ2) is 7.59. The summed E-state index contributed by atoms with van der Waals surface area (Å²) >= 11 is 0. The number of hydrogen-bond donors (Lipinski definition) is 0. The van der Waals surface area contributed by atoms with E-state index in [4.69, 9.17) is 4.74 Å². The summed E-state index contributed by atoms with van der Waals surface area (Å²) in [5.41, 5.74) is 2.87. The Kier molecular flexibility index (Phi) is 5.10. The number of aromatic nitrogens is 3. The van der Waals surface area contributed by atoms with Gasteiger partial charge in [-0.25, -0.2) is 4.68 Å². The Balaban J connectivity index is 1.83. The normalized spacial score (nSPS) is 18.8. The summed E-state index contributed by atoms with van der Waals surface area (Å²) in [4.78, 5) is 19.8. The number of nitrogens with zero attached hydrogens (tertiary/aromatic N) is 4. The highest BCUT2D eigenvalue weighted by molar-refractivity contribution is 5.96. The molecule has 0 radical (unpaired) electrons. The smallest absolute Gasteiger partial charge is 0.235 e. The number of benzene rings is 2. The van der Waals surface area contributed by atoms with E-state index in [1.54, 1.807) is 7.11 Å². The molecule has 0 fully saturated rings. The Morgan fingerprint density at radius 1 is 1.00 bits per heavy atom. The maximum Gasteiger partial charge on any atom is 0.235 e. The van der Waals surface area contributed by atoms with Crippen LogP contribution in [0.25, 0.3) is 0 Å². The van der Waals surface area contributed by atoms with Crippen LogP contribution in [0.4, 0.5) is 5.95 Å². The fraction of sp³-hybridized carbons (Fsp3) is 0.375. The number of fused-ring (bicyclic) bond motifs is 1. The number of ether oxygens (including phenoxy) is 1. The van der Waals surface area contributed by atoms with E-state index in [-0.39, 0.29) is 18.0 Å². The molecule has 6 nitrogen and oxygen atoms in total. The third-order valence-corrected chi connectivity index (χ3v) is 5.65. The van der Waals surface area contributed by atoms with Crippen LogP contribution in [0.15, 0.2) is 54.9 Å². The maximum absolute atomic E-state index is 13.5. The van der Waals surface area contributed by atoms with Crippen molar-refractivity contribution in [3.8, 4) is 5.75 Å². The second-order valence-electron chi connectivity index (χ2n) is 8.88.